The monoisotopic (exact) mass is 419 g/mol. The third-order valence-electron chi connectivity index (χ3n) is 5.00. The van der Waals surface area contributed by atoms with Crippen molar-refractivity contribution in [3.05, 3.63) is 71.4 Å². The molecule has 6 heteroatoms. The molecule has 1 heterocycles. The minimum atomic E-state index is -0.294. The maximum atomic E-state index is 12.3. The van der Waals surface area contributed by atoms with Gasteiger partial charge in [0.15, 0.2) is 0 Å². The van der Waals surface area contributed by atoms with E-state index in [0.29, 0.717) is 6.61 Å². The van der Waals surface area contributed by atoms with E-state index in [1.807, 2.05) is 47.2 Å². The fourth-order valence-corrected chi connectivity index (χ4v) is 3.38. The summed E-state index contributed by atoms with van der Waals surface area (Å²) in [5.41, 5.74) is 6.56. The first-order valence-corrected chi connectivity index (χ1v) is 10.4. The highest BCUT2D eigenvalue weighted by atomic mass is 16.5. The number of esters is 1. The number of amides is 1. The topological polar surface area (TPSA) is 72.7 Å². The van der Waals surface area contributed by atoms with Crippen LogP contribution in [-0.2, 0) is 32.7 Å². The molecular formula is C25H29N3O3. The van der Waals surface area contributed by atoms with E-state index in [4.69, 9.17) is 4.74 Å². The van der Waals surface area contributed by atoms with Crippen molar-refractivity contribution in [2.45, 2.75) is 46.1 Å². The van der Waals surface area contributed by atoms with Crippen LogP contribution in [0.15, 0.2) is 59.8 Å². The van der Waals surface area contributed by atoms with Gasteiger partial charge in [-0.05, 0) is 29.5 Å². The molecule has 6 nitrogen and oxygen atoms in total. The highest BCUT2D eigenvalue weighted by molar-refractivity contribution is 6.00. The molecule has 0 radical (unpaired) electrons. The highest BCUT2D eigenvalue weighted by Crippen LogP contribution is 2.22. The molecule has 0 saturated carbocycles. The molecule has 3 aromatic rings. The number of ether oxygens (including phenoxy) is 1. The molecule has 1 amide bonds. The number of aromatic nitrogens is 1. The van der Waals surface area contributed by atoms with Gasteiger partial charge in [-0.1, -0.05) is 63.2 Å². The zero-order valence-electron chi connectivity index (χ0n) is 18.5. The lowest BCUT2D eigenvalue weighted by molar-refractivity contribution is -0.143. The standard InChI is InChI=1S/C25H29N3O3/c1-5-31-24(30)17-28-16-19(21-8-6-7-9-22(21)28)15-26-27-23(29)14-18-10-12-20(13-11-18)25(2,3)4/h6-13,15-16H,5,14,17H2,1-4H3,(H,27,29)/b26-15-. The van der Waals surface area contributed by atoms with Crippen molar-refractivity contribution in [3.8, 4) is 0 Å². The van der Waals surface area contributed by atoms with Gasteiger partial charge in [0, 0.05) is 22.7 Å². The zero-order valence-corrected chi connectivity index (χ0v) is 18.5. The Bertz CT molecular complexity index is 1090. The van der Waals surface area contributed by atoms with Gasteiger partial charge in [-0.3, -0.25) is 9.59 Å². The number of nitrogens with zero attached hydrogens (tertiary/aromatic N) is 2. The molecule has 0 aliphatic heterocycles. The van der Waals surface area contributed by atoms with Gasteiger partial charge in [-0.2, -0.15) is 5.10 Å². The molecule has 1 aromatic heterocycles. The predicted octanol–water partition coefficient (Wildman–Crippen LogP) is 4.19. The average Bonchev–Trinajstić information content (AvgIpc) is 3.05. The van der Waals surface area contributed by atoms with E-state index in [-0.39, 0.29) is 30.3 Å². The third-order valence-corrected chi connectivity index (χ3v) is 5.00. The van der Waals surface area contributed by atoms with Gasteiger partial charge in [0.2, 0.25) is 5.91 Å². The van der Waals surface area contributed by atoms with Crippen LogP contribution < -0.4 is 5.43 Å². The minimum absolute atomic E-state index is 0.0809. The predicted molar refractivity (Wildman–Crippen MR) is 123 cm³/mol. The summed E-state index contributed by atoms with van der Waals surface area (Å²) in [5.74, 6) is -0.479. The molecule has 0 saturated heterocycles. The number of para-hydroxylation sites is 1. The van der Waals surface area contributed by atoms with Gasteiger partial charge in [-0.25, -0.2) is 5.43 Å². The summed E-state index contributed by atoms with van der Waals surface area (Å²) in [7, 11) is 0. The minimum Gasteiger partial charge on any atom is -0.465 e. The van der Waals surface area contributed by atoms with Gasteiger partial charge in [0.1, 0.15) is 6.54 Å². The van der Waals surface area contributed by atoms with Crippen LogP contribution in [0, 0.1) is 0 Å². The molecule has 0 spiro atoms. The van der Waals surface area contributed by atoms with E-state index in [1.54, 1.807) is 13.1 Å². The summed E-state index contributed by atoms with van der Waals surface area (Å²) in [6, 6.07) is 15.8. The molecule has 1 N–H and O–H groups in total. The van der Waals surface area contributed by atoms with E-state index < -0.39 is 0 Å². The van der Waals surface area contributed by atoms with Gasteiger partial charge in [-0.15, -0.1) is 0 Å². The molecule has 0 atom stereocenters. The summed E-state index contributed by atoms with van der Waals surface area (Å²) < 4.78 is 6.88. The largest absolute Gasteiger partial charge is 0.465 e. The fourth-order valence-electron chi connectivity index (χ4n) is 3.38. The Morgan fingerprint density at radius 1 is 1.10 bits per heavy atom. The van der Waals surface area contributed by atoms with Crippen LogP contribution in [0.4, 0.5) is 0 Å². The highest BCUT2D eigenvalue weighted by Gasteiger charge is 2.13. The lowest BCUT2D eigenvalue weighted by Crippen LogP contribution is -2.20. The van der Waals surface area contributed by atoms with Crippen LogP contribution in [0.5, 0.6) is 0 Å². The Labute approximate surface area is 182 Å². The van der Waals surface area contributed by atoms with Gasteiger partial charge in [0.05, 0.1) is 19.2 Å². The second-order valence-corrected chi connectivity index (χ2v) is 8.45. The Morgan fingerprint density at radius 2 is 1.81 bits per heavy atom. The summed E-state index contributed by atoms with van der Waals surface area (Å²) in [4.78, 5) is 24.2. The SMILES string of the molecule is CCOC(=O)Cn1cc(/C=N\NC(=O)Cc2ccc(C(C)(C)C)cc2)c2ccccc21. The van der Waals surface area contributed by atoms with Gasteiger partial charge >= 0.3 is 5.97 Å². The van der Waals surface area contributed by atoms with E-state index in [9.17, 15) is 9.59 Å². The van der Waals surface area contributed by atoms with E-state index in [0.717, 1.165) is 22.0 Å². The molecule has 31 heavy (non-hydrogen) atoms. The smallest absolute Gasteiger partial charge is 0.325 e. The van der Waals surface area contributed by atoms with Crippen molar-refractivity contribution >= 4 is 29.0 Å². The quantitative estimate of drug-likeness (QED) is 0.354. The number of rotatable bonds is 7. The molecule has 0 fully saturated rings. The van der Waals surface area contributed by atoms with Gasteiger partial charge < -0.3 is 9.30 Å². The number of fused-ring (bicyclic) bond motifs is 1. The van der Waals surface area contributed by atoms with Crippen LogP contribution in [0.1, 0.15) is 44.4 Å². The van der Waals surface area contributed by atoms with Gasteiger partial charge in [0.25, 0.3) is 0 Å². The van der Waals surface area contributed by atoms with E-state index >= 15 is 0 Å². The number of nitrogens with one attached hydrogen (secondary N) is 1. The molecule has 0 bridgehead atoms. The lowest BCUT2D eigenvalue weighted by atomic mass is 9.86. The van der Waals surface area contributed by atoms with Crippen molar-refractivity contribution in [2.75, 3.05) is 6.61 Å². The zero-order chi connectivity index (χ0) is 22.4. The first-order chi connectivity index (χ1) is 14.8. The summed E-state index contributed by atoms with van der Waals surface area (Å²) in [6.07, 6.45) is 3.69. The number of hydrogen-bond acceptors (Lipinski definition) is 4. The summed E-state index contributed by atoms with van der Waals surface area (Å²) in [5, 5.41) is 5.07. The molecule has 3 rings (SSSR count). The van der Waals surface area contributed by atoms with E-state index in [1.165, 1.54) is 5.56 Å². The molecule has 0 aliphatic rings. The second-order valence-electron chi connectivity index (χ2n) is 8.45. The average molecular weight is 420 g/mol. The number of carbonyl (C=O) groups is 2. The van der Waals surface area contributed by atoms with Crippen molar-refractivity contribution in [1.82, 2.24) is 9.99 Å². The lowest BCUT2D eigenvalue weighted by Gasteiger charge is -2.19. The summed E-state index contributed by atoms with van der Waals surface area (Å²) in [6.45, 7) is 8.73. The molecule has 2 aromatic carbocycles. The molecule has 0 unspecified atom stereocenters. The van der Waals surface area contributed by atoms with Crippen molar-refractivity contribution in [3.63, 3.8) is 0 Å². The fraction of sp³-hybridized carbons (Fsp3) is 0.320. The Balaban J connectivity index is 1.66. The van der Waals surface area contributed by atoms with Crippen molar-refractivity contribution in [2.24, 2.45) is 5.10 Å². The Hall–Kier alpha value is -3.41. The molecule has 0 aliphatic carbocycles. The number of carbonyl (C=O) groups excluding carboxylic acids is 2. The van der Waals surface area contributed by atoms with Crippen LogP contribution in [0.2, 0.25) is 0 Å². The maximum Gasteiger partial charge on any atom is 0.325 e. The molecular weight excluding hydrogens is 390 g/mol. The number of benzene rings is 2. The van der Waals surface area contributed by atoms with Crippen LogP contribution in [0.3, 0.4) is 0 Å². The number of hydrazone groups is 1. The number of hydrogen-bond donors (Lipinski definition) is 1. The van der Waals surface area contributed by atoms with Crippen LogP contribution >= 0.6 is 0 Å². The summed E-state index contributed by atoms with van der Waals surface area (Å²) >= 11 is 0. The van der Waals surface area contributed by atoms with Crippen LogP contribution in [0.25, 0.3) is 10.9 Å². The first kappa shape index (κ1) is 22.3. The first-order valence-electron chi connectivity index (χ1n) is 10.4. The maximum absolute atomic E-state index is 12.3. The van der Waals surface area contributed by atoms with Crippen molar-refractivity contribution in [1.29, 1.82) is 0 Å². The molecule has 162 valence electrons. The second kappa shape index (κ2) is 9.60. The third kappa shape index (κ3) is 5.81. The normalized spacial score (nSPS) is 11.7. The Kier molecular flexibility index (Phi) is 6.90. The van der Waals surface area contributed by atoms with Crippen molar-refractivity contribution < 1.29 is 14.3 Å². The Morgan fingerprint density at radius 3 is 2.48 bits per heavy atom. The van der Waals surface area contributed by atoms with Crippen LogP contribution in [-0.4, -0.2) is 29.3 Å². The van der Waals surface area contributed by atoms with E-state index in [2.05, 4.69) is 43.4 Å².